The molecule has 0 radical (unpaired) electrons. The summed E-state index contributed by atoms with van der Waals surface area (Å²) >= 11 is 0. The zero-order valence-corrected chi connectivity index (χ0v) is 5.90. The van der Waals surface area contributed by atoms with E-state index >= 15 is 0 Å². The van der Waals surface area contributed by atoms with Gasteiger partial charge in [0.1, 0.15) is 0 Å². The Morgan fingerprint density at radius 1 is 1.18 bits per heavy atom. The predicted molar refractivity (Wildman–Crippen MR) is 42.8 cm³/mol. The molecule has 2 aromatic heterocycles. The average molecular weight is 145 g/mol. The molecule has 0 N–H and O–H groups in total. The third kappa shape index (κ3) is 0.835. The van der Waals surface area contributed by atoms with Crippen molar-refractivity contribution in [3.8, 4) is 0 Å². The maximum atomic E-state index is 10.5. The van der Waals surface area contributed by atoms with Crippen molar-refractivity contribution in [2.75, 3.05) is 0 Å². The van der Waals surface area contributed by atoms with E-state index in [0.717, 1.165) is 11.8 Å². The highest BCUT2D eigenvalue weighted by molar-refractivity contribution is 5.74. The Hall–Kier alpha value is -1.57. The van der Waals surface area contributed by atoms with Crippen LogP contribution in [-0.2, 0) is 0 Å². The number of hydrogen-bond acceptors (Lipinski definition) is 1. The number of pyridine rings is 1. The lowest BCUT2D eigenvalue weighted by Crippen LogP contribution is -1.91. The van der Waals surface area contributed by atoms with Crippen molar-refractivity contribution in [2.24, 2.45) is 0 Å². The first-order chi connectivity index (χ1) is 5.42. The van der Waals surface area contributed by atoms with Gasteiger partial charge < -0.3 is 4.40 Å². The van der Waals surface area contributed by atoms with E-state index in [4.69, 9.17) is 0 Å². The molecule has 54 valence electrons. The van der Waals surface area contributed by atoms with Crippen molar-refractivity contribution in [1.29, 1.82) is 0 Å². The van der Waals surface area contributed by atoms with Gasteiger partial charge in [-0.1, -0.05) is 6.07 Å². The Kier molecular flexibility index (Phi) is 1.25. The number of fused-ring (bicyclic) bond motifs is 1. The van der Waals surface area contributed by atoms with Gasteiger partial charge in [0.2, 0.25) is 0 Å². The van der Waals surface area contributed by atoms with Crippen LogP contribution in [0.15, 0.2) is 36.5 Å². The Balaban J connectivity index is 2.88. The van der Waals surface area contributed by atoms with Crippen LogP contribution in [0.4, 0.5) is 0 Å². The summed E-state index contributed by atoms with van der Waals surface area (Å²) in [5, 5.41) is 0. The minimum Gasteiger partial charge on any atom is -0.314 e. The van der Waals surface area contributed by atoms with E-state index in [-0.39, 0.29) is 0 Å². The van der Waals surface area contributed by atoms with Gasteiger partial charge in [0.05, 0.1) is 5.69 Å². The standard InChI is InChI=1S/C9H7NO/c11-7-9-4-1-3-8-5-2-6-10(8)9/h1-7H. The van der Waals surface area contributed by atoms with Crippen LogP contribution in [0.5, 0.6) is 0 Å². The van der Waals surface area contributed by atoms with E-state index in [1.165, 1.54) is 0 Å². The second kappa shape index (κ2) is 2.23. The van der Waals surface area contributed by atoms with Crippen LogP contribution in [-0.4, -0.2) is 10.7 Å². The number of rotatable bonds is 1. The quantitative estimate of drug-likeness (QED) is 0.560. The fourth-order valence-electron chi connectivity index (χ4n) is 1.19. The molecule has 2 rings (SSSR count). The Labute approximate surface area is 64.1 Å². The summed E-state index contributed by atoms with van der Waals surface area (Å²) in [5.41, 5.74) is 1.74. The molecule has 2 aromatic rings. The Morgan fingerprint density at radius 3 is 2.82 bits per heavy atom. The third-order valence-electron chi connectivity index (χ3n) is 1.71. The second-order valence-corrected chi connectivity index (χ2v) is 2.37. The van der Waals surface area contributed by atoms with E-state index in [0.29, 0.717) is 5.69 Å². The van der Waals surface area contributed by atoms with Crippen LogP contribution in [0.25, 0.3) is 5.52 Å². The van der Waals surface area contributed by atoms with Gasteiger partial charge in [-0.2, -0.15) is 0 Å². The van der Waals surface area contributed by atoms with E-state index in [1.54, 1.807) is 6.07 Å². The average Bonchev–Trinajstić information content (AvgIpc) is 2.50. The van der Waals surface area contributed by atoms with Crippen molar-refractivity contribution >= 4 is 11.8 Å². The lowest BCUT2D eigenvalue weighted by Gasteiger charge is -1.96. The number of carbonyl (C=O) groups is 1. The molecule has 0 aromatic carbocycles. The Morgan fingerprint density at radius 2 is 2.00 bits per heavy atom. The lowest BCUT2D eigenvalue weighted by atomic mass is 10.3. The van der Waals surface area contributed by atoms with Gasteiger partial charge in [0.15, 0.2) is 6.29 Å². The highest BCUT2D eigenvalue weighted by atomic mass is 16.1. The fourth-order valence-corrected chi connectivity index (χ4v) is 1.19. The summed E-state index contributed by atoms with van der Waals surface area (Å²) in [5.74, 6) is 0. The monoisotopic (exact) mass is 145 g/mol. The topological polar surface area (TPSA) is 21.5 Å². The molecule has 0 aliphatic carbocycles. The number of hydrogen-bond donors (Lipinski definition) is 0. The smallest absolute Gasteiger partial charge is 0.166 e. The number of carbonyl (C=O) groups excluding carboxylic acids is 1. The van der Waals surface area contributed by atoms with Crippen molar-refractivity contribution < 1.29 is 4.79 Å². The summed E-state index contributed by atoms with van der Waals surface area (Å²) in [6, 6.07) is 9.52. The van der Waals surface area contributed by atoms with Crippen LogP contribution in [0, 0.1) is 0 Å². The van der Waals surface area contributed by atoms with Gasteiger partial charge >= 0.3 is 0 Å². The zero-order chi connectivity index (χ0) is 7.68. The fraction of sp³-hybridized carbons (Fsp3) is 0. The maximum absolute atomic E-state index is 10.5. The molecule has 0 fully saturated rings. The molecule has 0 unspecified atom stereocenters. The molecular weight excluding hydrogens is 138 g/mol. The van der Waals surface area contributed by atoms with Gasteiger partial charge in [-0.15, -0.1) is 0 Å². The van der Waals surface area contributed by atoms with Gasteiger partial charge in [-0.05, 0) is 24.3 Å². The molecule has 11 heavy (non-hydrogen) atoms. The van der Waals surface area contributed by atoms with Crippen LogP contribution >= 0.6 is 0 Å². The summed E-state index contributed by atoms with van der Waals surface area (Å²) in [7, 11) is 0. The Bertz CT molecular complexity index is 389. The van der Waals surface area contributed by atoms with E-state index in [9.17, 15) is 4.79 Å². The first kappa shape index (κ1) is 6.16. The van der Waals surface area contributed by atoms with Gasteiger partial charge in [0, 0.05) is 11.7 Å². The van der Waals surface area contributed by atoms with Crippen molar-refractivity contribution in [1.82, 2.24) is 4.40 Å². The van der Waals surface area contributed by atoms with Crippen molar-refractivity contribution in [3.63, 3.8) is 0 Å². The second-order valence-electron chi connectivity index (χ2n) is 2.37. The lowest BCUT2D eigenvalue weighted by molar-refractivity contribution is 0.111. The molecule has 2 heterocycles. The van der Waals surface area contributed by atoms with Crippen LogP contribution in [0.3, 0.4) is 0 Å². The highest BCUT2D eigenvalue weighted by Crippen LogP contribution is 2.06. The normalized spacial score (nSPS) is 10.2. The van der Waals surface area contributed by atoms with Gasteiger partial charge in [-0.3, -0.25) is 4.79 Å². The molecule has 0 aliphatic rings. The largest absolute Gasteiger partial charge is 0.314 e. The van der Waals surface area contributed by atoms with Crippen LogP contribution in [0.1, 0.15) is 10.5 Å². The molecule has 0 amide bonds. The summed E-state index contributed by atoms with van der Waals surface area (Å²) in [6.07, 6.45) is 2.73. The van der Waals surface area contributed by atoms with Crippen molar-refractivity contribution in [3.05, 3.63) is 42.2 Å². The summed E-state index contributed by atoms with van der Waals surface area (Å²) in [6.45, 7) is 0. The number of nitrogens with zero attached hydrogens (tertiary/aromatic N) is 1. The molecule has 0 spiro atoms. The SMILES string of the molecule is O=Cc1cccc2cccn12. The number of aldehydes is 1. The van der Waals surface area contributed by atoms with Crippen molar-refractivity contribution in [2.45, 2.75) is 0 Å². The van der Waals surface area contributed by atoms with Gasteiger partial charge in [-0.25, -0.2) is 0 Å². The van der Waals surface area contributed by atoms with E-state index in [1.807, 2.05) is 34.9 Å². The maximum Gasteiger partial charge on any atom is 0.166 e. The molecule has 2 heteroatoms. The molecule has 2 nitrogen and oxygen atoms in total. The third-order valence-corrected chi connectivity index (χ3v) is 1.71. The predicted octanol–water partition coefficient (Wildman–Crippen LogP) is 1.75. The minimum atomic E-state index is 0.688. The highest BCUT2D eigenvalue weighted by Gasteiger charge is 1.94. The molecule has 0 saturated heterocycles. The molecule has 0 atom stereocenters. The molecular formula is C9H7NO. The summed E-state index contributed by atoms with van der Waals surface area (Å²) < 4.78 is 1.85. The molecule has 0 bridgehead atoms. The van der Waals surface area contributed by atoms with E-state index < -0.39 is 0 Å². The number of aromatic nitrogens is 1. The van der Waals surface area contributed by atoms with Crippen LogP contribution < -0.4 is 0 Å². The molecule has 0 aliphatic heterocycles. The van der Waals surface area contributed by atoms with Crippen LogP contribution in [0.2, 0.25) is 0 Å². The van der Waals surface area contributed by atoms with Gasteiger partial charge in [0.25, 0.3) is 0 Å². The van der Waals surface area contributed by atoms with E-state index in [2.05, 4.69) is 0 Å². The zero-order valence-electron chi connectivity index (χ0n) is 5.90. The molecule has 0 saturated carbocycles. The summed E-state index contributed by atoms with van der Waals surface area (Å²) in [4.78, 5) is 10.5. The first-order valence-electron chi connectivity index (χ1n) is 3.43. The minimum absolute atomic E-state index is 0.688. The first-order valence-corrected chi connectivity index (χ1v) is 3.43.